The van der Waals surface area contributed by atoms with E-state index in [1.54, 1.807) is 0 Å². The average Bonchev–Trinajstić information content (AvgIpc) is 2.76. The van der Waals surface area contributed by atoms with E-state index in [-0.39, 0.29) is 37.4 Å². The Labute approximate surface area is 212 Å². The quantitative estimate of drug-likeness (QED) is 0.137. The van der Waals surface area contributed by atoms with Crippen molar-refractivity contribution in [2.24, 2.45) is 0 Å². The van der Waals surface area contributed by atoms with Gasteiger partial charge in [-0.05, 0) is 36.7 Å². The minimum atomic E-state index is -0.125. The predicted molar refractivity (Wildman–Crippen MR) is 131 cm³/mol. The Kier molecular flexibility index (Phi) is 7.61. The van der Waals surface area contributed by atoms with Crippen molar-refractivity contribution in [2.45, 2.75) is 27.7 Å². The number of ketones is 2. The van der Waals surface area contributed by atoms with E-state index in [0.29, 0.717) is 0 Å². The summed E-state index contributed by atoms with van der Waals surface area (Å²) in [6, 6.07) is 23.4. The van der Waals surface area contributed by atoms with Crippen LogP contribution in [0.2, 0.25) is 0 Å². The van der Waals surface area contributed by atoms with Crippen molar-refractivity contribution in [3.05, 3.63) is 101 Å². The summed E-state index contributed by atoms with van der Waals surface area (Å²) in [5.74, 6) is 0.0127. The number of hydrogen-bond acceptors (Lipinski definition) is 4. The van der Waals surface area contributed by atoms with Crippen LogP contribution in [0.5, 0.6) is 0 Å². The number of aromatic nitrogens is 1. The van der Waals surface area contributed by atoms with Gasteiger partial charge in [0, 0.05) is 42.7 Å². The molecule has 1 heterocycles. The molecule has 1 radical (unpaired) electrons. The molecule has 5 rings (SSSR count). The maximum Gasteiger partial charge on any atom is 0.194 e. The molecule has 0 fully saturated rings. The van der Waals surface area contributed by atoms with Crippen molar-refractivity contribution in [3.8, 4) is 22.4 Å². The minimum absolute atomic E-state index is 0. The molecular formula is C29H24IrNO3-. The van der Waals surface area contributed by atoms with Gasteiger partial charge >= 0.3 is 0 Å². The van der Waals surface area contributed by atoms with Gasteiger partial charge in [-0.25, -0.2) is 0 Å². The van der Waals surface area contributed by atoms with Gasteiger partial charge in [0.25, 0.3) is 0 Å². The van der Waals surface area contributed by atoms with E-state index in [1.165, 1.54) is 25.5 Å². The Bertz CT molecular complexity index is 1430. The third kappa shape index (κ3) is 5.06. The number of pyridine rings is 1. The number of benzene rings is 3. The molecule has 1 aliphatic carbocycles. The first-order valence-electron chi connectivity index (χ1n) is 10.7. The van der Waals surface area contributed by atoms with E-state index in [9.17, 15) is 9.59 Å². The standard InChI is InChI=1S/C24H16NO.C5H8O2.Ir/c1-14-10-15(2)12-16(11-14)22-13-20-17-6-3-4-7-18(17)24(26)19-8-5-9-21(25-22)23(19)20;1-4(6)3-5(2)7;/h3-11,13H,1-2H3;3,6H,1-2H3;/q-1;;/b;4-3-;. The van der Waals surface area contributed by atoms with Crippen LogP contribution >= 0.6 is 0 Å². The van der Waals surface area contributed by atoms with E-state index in [0.717, 1.165) is 50.0 Å². The monoisotopic (exact) mass is 627 g/mol. The number of fused-ring (bicyclic) bond motifs is 2. The SMILES string of the molecule is CC(=O)/C=C(/C)O.Cc1[c-]c(-c2cc3c4c(cccc4n2)C(=O)c2ccccc2-3)cc(C)c1.[Ir]. The molecule has 0 amide bonds. The van der Waals surface area contributed by atoms with Gasteiger partial charge in [-0.1, -0.05) is 56.3 Å². The fourth-order valence-corrected chi connectivity index (χ4v) is 4.22. The Morgan fingerprint density at radius 2 is 1.59 bits per heavy atom. The Morgan fingerprint density at radius 1 is 0.912 bits per heavy atom. The largest absolute Gasteiger partial charge is 0.512 e. The fourth-order valence-electron chi connectivity index (χ4n) is 4.22. The van der Waals surface area contributed by atoms with Gasteiger partial charge in [-0.2, -0.15) is 0 Å². The maximum atomic E-state index is 12.9. The second-order valence-corrected chi connectivity index (χ2v) is 8.28. The Hall–Kier alpha value is -3.40. The first-order chi connectivity index (χ1) is 15.7. The molecule has 0 saturated heterocycles. The number of carbonyl (C=O) groups is 2. The third-order valence-electron chi connectivity index (χ3n) is 5.38. The summed E-state index contributed by atoms with van der Waals surface area (Å²) < 4.78 is 0. The molecule has 173 valence electrons. The van der Waals surface area contributed by atoms with Crippen molar-refractivity contribution in [3.63, 3.8) is 0 Å². The number of carbonyl (C=O) groups excluding carboxylic acids is 2. The second-order valence-electron chi connectivity index (χ2n) is 8.28. The molecule has 1 aromatic heterocycles. The topological polar surface area (TPSA) is 67.3 Å². The van der Waals surface area contributed by atoms with Gasteiger partial charge in [0.1, 0.15) is 0 Å². The van der Waals surface area contributed by atoms with Crippen LogP contribution in [0.3, 0.4) is 0 Å². The minimum Gasteiger partial charge on any atom is -0.512 e. The molecule has 0 spiro atoms. The molecule has 3 aromatic carbocycles. The zero-order chi connectivity index (χ0) is 23.7. The van der Waals surface area contributed by atoms with Crippen molar-refractivity contribution in [2.75, 3.05) is 0 Å². The van der Waals surface area contributed by atoms with Crippen molar-refractivity contribution in [1.29, 1.82) is 0 Å². The molecule has 0 aliphatic heterocycles. The van der Waals surface area contributed by atoms with Crippen LogP contribution in [0.4, 0.5) is 0 Å². The number of allylic oxidation sites excluding steroid dienone is 2. The summed E-state index contributed by atoms with van der Waals surface area (Å²) in [6.07, 6.45) is 1.17. The Balaban J connectivity index is 0.000000357. The van der Waals surface area contributed by atoms with E-state index >= 15 is 0 Å². The van der Waals surface area contributed by atoms with E-state index in [1.807, 2.05) is 49.4 Å². The molecule has 34 heavy (non-hydrogen) atoms. The molecule has 1 N–H and O–H groups in total. The smallest absolute Gasteiger partial charge is 0.194 e. The van der Waals surface area contributed by atoms with Gasteiger partial charge < -0.3 is 5.11 Å². The van der Waals surface area contributed by atoms with Gasteiger partial charge in [0.05, 0.1) is 11.3 Å². The molecule has 0 atom stereocenters. The summed E-state index contributed by atoms with van der Waals surface area (Å²) in [6.45, 7) is 6.98. The molecule has 4 aromatic rings. The summed E-state index contributed by atoms with van der Waals surface area (Å²) in [5, 5.41) is 9.31. The number of aryl methyl sites for hydroxylation is 2. The molecule has 0 bridgehead atoms. The van der Waals surface area contributed by atoms with Crippen LogP contribution in [0.1, 0.15) is 40.9 Å². The van der Waals surface area contributed by atoms with Crippen LogP contribution in [0.25, 0.3) is 33.3 Å². The van der Waals surface area contributed by atoms with E-state index < -0.39 is 0 Å². The van der Waals surface area contributed by atoms with Gasteiger partial charge in [-0.15, -0.1) is 34.9 Å². The molecule has 0 saturated carbocycles. The number of hydrogen-bond donors (Lipinski definition) is 1. The fraction of sp³-hybridized carbons (Fsp3) is 0.138. The molecule has 4 nitrogen and oxygen atoms in total. The molecule has 1 aliphatic rings. The normalized spacial score (nSPS) is 11.8. The number of nitrogens with zero attached hydrogens (tertiary/aromatic N) is 1. The van der Waals surface area contributed by atoms with Crippen LogP contribution in [0.15, 0.2) is 72.5 Å². The van der Waals surface area contributed by atoms with Crippen LogP contribution < -0.4 is 0 Å². The first kappa shape index (κ1) is 25.2. The van der Waals surface area contributed by atoms with Gasteiger partial charge in [0.2, 0.25) is 0 Å². The summed E-state index contributed by atoms with van der Waals surface area (Å²) in [5.41, 5.74) is 8.56. The average molecular weight is 627 g/mol. The van der Waals surface area contributed by atoms with Gasteiger partial charge in [-0.3, -0.25) is 14.6 Å². The van der Waals surface area contributed by atoms with Gasteiger partial charge in [0.15, 0.2) is 11.6 Å². The zero-order valence-electron chi connectivity index (χ0n) is 19.4. The van der Waals surface area contributed by atoms with Crippen LogP contribution in [-0.4, -0.2) is 21.7 Å². The Morgan fingerprint density at radius 3 is 2.21 bits per heavy atom. The number of rotatable bonds is 2. The maximum absolute atomic E-state index is 12.9. The van der Waals surface area contributed by atoms with Crippen molar-refractivity contribution >= 4 is 22.5 Å². The van der Waals surface area contributed by atoms with Crippen molar-refractivity contribution < 1.29 is 34.8 Å². The summed E-state index contributed by atoms with van der Waals surface area (Å²) in [4.78, 5) is 27.8. The second kappa shape index (κ2) is 10.3. The van der Waals surface area contributed by atoms with E-state index in [4.69, 9.17) is 10.1 Å². The summed E-state index contributed by atoms with van der Waals surface area (Å²) in [7, 11) is 0. The third-order valence-corrected chi connectivity index (χ3v) is 5.38. The van der Waals surface area contributed by atoms with E-state index in [2.05, 4.69) is 31.2 Å². The van der Waals surface area contributed by atoms with Crippen molar-refractivity contribution in [1.82, 2.24) is 4.98 Å². The van der Waals surface area contributed by atoms with Crippen LogP contribution in [-0.2, 0) is 24.9 Å². The zero-order valence-corrected chi connectivity index (χ0v) is 21.8. The molecule has 5 heteroatoms. The molecule has 0 unspecified atom stereocenters. The first-order valence-corrected chi connectivity index (χ1v) is 10.7. The predicted octanol–water partition coefficient (Wildman–Crippen LogP) is 6.56. The number of aliphatic hydroxyl groups excluding tert-OH is 1. The molecular weight excluding hydrogens is 603 g/mol. The summed E-state index contributed by atoms with van der Waals surface area (Å²) >= 11 is 0. The number of aliphatic hydroxyl groups is 1. The van der Waals surface area contributed by atoms with Crippen LogP contribution in [0, 0.1) is 19.9 Å².